The highest BCUT2D eigenvalue weighted by molar-refractivity contribution is 6.01. The van der Waals surface area contributed by atoms with Gasteiger partial charge in [-0.25, -0.2) is 4.98 Å². The number of primary amides is 1. The van der Waals surface area contributed by atoms with Crippen molar-refractivity contribution in [1.82, 2.24) is 94.0 Å². The summed E-state index contributed by atoms with van der Waals surface area (Å²) in [5.74, 6) is -13.9. The van der Waals surface area contributed by atoms with Gasteiger partial charge in [0.15, 0.2) is 0 Å². The first kappa shape index (κ1) is 92.8. The lowest BCUT2D eigenvalue weighted by Gasteiger charge is -2.28. The Morgan fingerprint density at radius 1 is 0.500 bits per heavy atom. The minimum Gasteiger partial charge on any atom is -0.508 e. The minimum atomic E-state index is -1.78. The number of amides is 15. The number of aromatic amines is 3. The number of aliphatic hydroxyl groups excluding tert-OH is 2. The number of aromatic nitrogens is 4. The second-order valence-corrected chi connectivity index (χ2v) is 30.7. The number of phenols is 1. The molecule has 1 fully saturated rings. The van der Waals surface area contributed by atoms with Crippen molar-refractivity contribution in [2.45, 2.75) is 205 Å². The fourth-order valence-corrected chi connectivity index (χ4v) is 13.5. The fourth-order valence-electron chi connectivity index (χ4n) is 13.5. The van der Waals surface area contributed by atoms with Crippen molar-refractivity contribution in [2.75, 3.05) is 32.8 Å². The summed E-state index contributed by atoms with van der Waals surface area (Å²) in [4.78, 5) is 224. The van der Waals surface area contributed by atoms with Crippen molar-refractivity contribution in [1.29, 1.82) is 0 Å². The van der Waals surface area contributed by atoms with Gasteiger partial charge in [-0.3, -0.25) is 71.9 Å². The lowest BCUT2D eigenvalue weighted by atomic mass is 9.98. The number of benzene rings is 3. The SMILES string of the molecule is CC(C)C[C@H](NC(=O)[C@H](CC(C)C)NC(=O)[C@H](Cc1ccc(O)cc1)NC(=O)[C@@H](Cc1c[nH]c2ccccc12)NC(=O)[C@H](C)NC(=O)[C@H](C)NC(=O)[C@H](CC(N)=O)NC(=O)[C@H](CC(C)C)NC(=O)[C@@H](NC(=O)[C@H](Cc1c[nH]c2ccccc12)NC(=O)CN)[C@@H](C)O)C(=O)NCC(=O)N1CCC[C@H]1C(=O)N[C@@H](Cc1c[nH]cn1)C(=O)NCCO. The van der Waals surface area contributed by atoms with Gasteiger partial charge in [-0.2, -0.15) is 0 Å². The quantitative estimate of drug-likeness (QED) is 0.0185. The number of aromatic hydroxyl groups is 1. The topological polar surface area (TPSA) is 589 Å². The van der Waals surface area contributed by atoms with E-state index in [4.69, 9.17) is 11.5 Å². The molecule has 1 aliphatic heterocycles. The van der Waals surface area contributed by atoms with E-state index < -0.39 is 187 Å². The fraction of sp³-hybridized carbons (Fsp3) is 0.500. The molecule has 1 saturated heterocycles. The number of rotatable bonds is 45. The first-order chi connectivity index (χ1) is 56.0. The van der Waals surface area contributed by atoms with E-state index in [0.717, 1.165) is 10.9 Å². The summed E-state index contributed by atoms with van der Waals surface area (Å²) >= 11 is 0. The molecule has 38 nitrogen and oxygen atoms in total. The molecule has 0 bridgehead atoms. The third-order valence-electron chi connectivity index (χ3n) is 19.6. The molecule has 1 aliphatic rings. The maximum atomic E-state index is 15.1. The number of fused-ring (bicyclic) bond motifs is 2. The predicted octanol–water partition coefficient (Wildman–Crippen LogP) is -2.71. The van der Waals surface area contributed by atoms with Gasteiger partial charge in [0.25, 0.3) is 0 Å². The summed E-state index contributed by atoms with van der Waals surface area (Å²) in [5, 5.41) is 65.5. The average molecular weight is 1640 g/mol. The number of carbonyl (C=O) groups excluding carboxylic acids is 15. The summed E-state index contributed by atoms with van der Waals surface area (Å²) in [6.45, 7) is 12.9. The Morgan fingerprint density at radius 2 is 0.949 bits per heavy atom. The van der Waals surface area contributed by atoms with Gasteiger partial charge >= 0.3 is 0 Å². The van der Waals surface area contributed by atoms with Crippen molar-refractivity contribution in [3.8, 4) is 5.75 Å². The molecule has 7 rings (SSSR count). The number of hydrogen-bond donors (Lipinski definition) is 21. The second-order valence-electron chi connectivity index (χ2n) is 30.7. The highest BCUT2D eigenvalue weighted by atomic mass is 16.3. The average Bonchev–Trinajstić information content (AvgIpc) is 1.64. The monoisotopic (exact) mass is 1640 g/mol. The number of carbonyl (C=O) groups is 15. The van der Waals surface area contributed by atoms with Crippen LogP contribution in [0.4, 0.5) is 0 Å². The number of para-hydroxylation sites is 2. The standard InChI is InChI=1S/C80H112N20O18/c1-41(2)27-56(72(110)87-39-67(106)100-25-14-19-64(100)79(117)97-62(71(109)84-24-26-101)33-50-38-83-40-88-50)93-74(112)57(28-42(3)4)94-76(114)59(30-47-20-22-51(103)23-21-47)95-77(115)61(32-49-37-86-55-18-13-11-16-53(49)55)92-70(108)45(8)89-69(107)44(7)90-73(111)63(34-65(82)104)96-75(113)58(29-43(5)6)98-80(118)68(46(9)102)99-78(116)60(91-66(105)35-81)31-48-36-85-54-17-12-10-15-52(48)54/h10-13,15-18,20-23,36-38,40-46,56-64,68,85-86,101-103H,14,19,24-35,39,81H2,1-9H3,(H2,82,104)(H,83,88)(H,84,109)(H,87,110)(H,89,107)(H,90,111)(H,91,105)(H,92,108)(H,93,112)(H,94,114)(H,95,115)(H,96,113)(H,97,117)(H,98,118)(H,99,116)/t44-,45-,46+,56-,57-,58-,59-,60-,61+,62-,63-,64-,68-/m0/s1. The van der Waals surface area contributed by atoms with Crippen molar-refractivity contribution < 1.29 is 87.2 Å². The van der Waals surface area contributed by atoms with Crippen LogP contribution in [0.5, 0.6) is 5.75 Å². The summed E-state index contributed by atoms with van der Waals surface area (Å²) in [5.41, 5.74) is 14.6. The molecule has 0 radical (unpaired) electrons. The molecule has 0 spiro atoms. The van der Waals surface area contributed by atoms with Crippen LogP contribution in [0, 0.1) is 17.8 Å². The molecule has 13 atom stereocenters. The largest absolute Gasteiger partial charge is 0.508 e. The van der Waals surface area contributed by atoms with Crippen LogP contribution in [0.25, 0.3) is 21.8 Å². The number of imidazole rings is 1. The van der Waals surface area contributed by atoms with E-state index >= 15 is 4.79 Å². The number of nitrogens with two attached hydrogens (primary N) is 2. The van der Waals surface area contributed by atoms with Crippen molar-refractivity contribution in [3.63, 3.8) is 0 Å². The van der Waals surface area contributed by atoms with Crippen LogP contribution < -0.4 is 80.6 Å². The Morgan fingerprint density at radius 3 is 1.47 bits per heavy atom. The number of nitrogens with one attached hydrogen (secondary N) is 16. The lowest BCUT2D eigenvalue weighted by Crippen LogP contribution is -2.62. The van der Waals surface area contributed by atoms with Crippen LogP contribution >= 0.6 is 0 Å². The molecule has 15 amide bonds. The number of hydrogen-bond acceptors (Lipinski definition) is 20. The molecule has 118 heavy (non-hydrogen) atoms. The molecule has 3 aromatic heterocycles. The zero-order chi connectivity index (χ0) is 86.6. The summed E-state index contributed by atoms with van der Waals surface area (Å²) in [6.07, 6.45) is 3.91. The third kappa shape index (κ3) is 28.0. The smallest absolute Gasteiger partial charge is 0.245 e. The Balaban J connectivity index is 1.02. The number of phenolic OH excluding ortho intramolecular Hbond substituents is 1. The third-order valence-corrected chi connectivity index (χ3v) is 19.6. The Kier molecular flexibility index (Phi) is 35.2. The molecule has 3 aromatic carbocycles. The van der Waals surface area contributed by atoms with E-state index in [2.05, 4.69) is 89.1 Å². The number of H-pyrrole nitrogens is 3. The normalized spacial score (nSPS) is 15.7. The van der Waals surface area contributed by atoms with Crippen molar-refractivity contribution in [3.05, 3.63) is 120 Å². The first-order valence-electron chi connectivity index (χ1n) is 39.3. The van der Waals surface area contributed by atoms with Gasteiger partial charge in [-0.05, 0) is 112 Å². The molecule has 0 saturated carbocycles. The van der Waals surface area contributed by atoms with E-state index in [1.54, 1.807) is 103 Å². The molecular formula is C80H112N20O18. The number of likely N-dealkylation sites (tertiary alicyclic amines) is 1. The predicted molar refractivity (Wildman–Crippen MR) is 431 cm³/mol. The van der Waals surface area contributed by atoms with Crippen LogP contribution in [-0.2, 0) is 97.6 Å². The molecule has 0 aliphatic carbocycles. The summed E-state index contributed by atoms with van der Waals surface area (Å²) < 4.78 is 0. The molecule has 4 heterocycles. The van der Waals surface area contributed by atoms with Gasteiger partial charge in [0, 0.05) is 79.2 Å². The molecule has 38 heteroatoms. The van der Waals surface area contributed by atoms with E-state index in [1.807, 2.05) is 6.07 Å². The highest BCUT2D eigenvalue weighted by Crippen LogP contribution is 2.24. The van der Waals surface area contributed by atoms with E-state index in [9.17, 15) is 82.4 Å². The van der Waals surface area contributed by atoms with Crippen molar-refractivity contribution in [2.24, 2.45) is 29.2 Å². The number of aliphatic hydroxyl groups is 2. The first-order valence-corrected chi connectivity index (χ1v) is 39.3. The summed E-state index contributed by atoms with van der Waals surface area (Å²) in [6, 6.07) is 2.85. The van der Waals surface area contributed by atoms with Gasteiger partial charge in [0.05, 0.1) is 44.2 Å². The number of nitrogens with zero attached hydrogens (tertiary/aromatic N) is 2. The molecule has 23 N–H and O–H groups in total. The van der Waals surface area contributed by atoms with Gasteiger partial charge in [0.2, 0.25) is 88.6 Å². The zero-order valence-corrected chi connectivity index (χ0v) is 67.6. The Bertz CT molecular complexity index is 4490. The van der Waals surface area contributed by atoms with Gasteiger partial charge in [0.1, 0.15) is 78.3 Å². The van der Waals surface area contributed by atoms with Crippen LogP contribution in [0.2, 0.25) is 0 Å². The van der Waals surface area contributed by atoms with E-state index in [0.29, 0.717) is 39.7 Å². The van der Waals surface area contributed by atoms with Gasteiger partial charge in [-0.1, -0.05) is 90.1 Å². The maximum absolute atomic E-state index is 15.1. The van der Waals surface area contributed by atoms with E-state index in [1.165, 1.54) is 56.3 Å². The minimum absolute atomic E-state index is 0.000597. The Hall–Kier alpha value is -12.3. The maximum Gasteiger partial charge on any atom is 0.245 e. The molecule has 0 unspecified atom stereocenters. The Labute approximate surface area is 681 Å². The second kappa shape index (κ2) is 44.7. The van der Waals surface area contributed by atoms with Crippen LogP contribution in [0.3, 0.4) is 0 Å². The molecular weight excluding hydrogens is 1530 g/mol. The van der Waals surface area contributed by atoms with Crippen LogP contribution in [-0.4, -0.2) is 240 Å². The van der Waals surface area contributed by atoms with Gasteiger partial charge in [-0.15, -0.1) is 0 Å². The van der Waals surface area contributed by atoms with E-state index in [-0.39, 0.29) is 94.6 Å². The highest BCUT2D eigenvalue weighted by Gasteiger charge is 2.40. The zero-order valence-electron chi connectivity index (χ0n) is 67.6. The molecule has 640 valence electrons. The lowest BCUT2D eigenvalue weighted by molar-refractivity contribution is -0.140. The van der Waals surface area contributed by atoms with Gasteiger partial charge < -0.3 is 116 Å². The van der Waals surface area contributed by atoms with Crippen LogP contribution in [0.1, 0.15) is 123 Å². The van der Waals surface area contributed by atoms with Crippen molar-refractivity contribution >= 4 is 110 Å². The van der Waals surface area contributed by atoms with Crippen LogP contribution in [0.15, 0.2) is 97.7 Å². The molecule has 6 aromatic rings. The summed E-state index contributed by atoms with van der Waals surface area (Å²) in [7, 11) is 0.